The van der Waals surface area contributed by atoms with E-state index in [2.05, 4.69) is 81.8 Å². The molecule has 2 atom stereocenters. The Morgan fingerprint density at radius 2 is 1.52 bits per heavy atom. The molecule has 5 heterocycles. The highest BCUT2D eigenvalue weighted by molar-refractivity contribution is 6.11. The third-order valence-corrected chi connectivity index (χ3v) is 9.76. The number of nitrogens with two attached hydrogens (primary N) is 1. The Kier molecular flexibility index (Phi) is 10.5. The molecular formula is C40H50N6O2. The second-order valence-electron chi connectivity index (χ2n) is 13.1. The summed E-state index contributed by atoms with van der Waals surface area (Å²) in [7, 11) is 0. The number of benzene rings is 1. The van der Waals surface area contributed by atoms with Crippen LogP contribution in [-0.4, -0.2) is 44.9 Å². The maximum absolute atomic E-state index is 6.47. The predicted molar refractivity (Wildman–Crippen MR) is 194 cm³/mol. The van der Waals surface area contributed by atoms with Crippen LogP contribution in [-0.2, 0) is 15.9 Å². The summed E-state index contributed by atoms with van der Waals surface area (Å²) in [6.07, 6.45) is 7.66. The van der Waals surface area contributed by atoms with Crippen LogP contribution in [0.15, 0.2) is 64.8 Å². The number of hydrogen-bond acceptors (Lipinski definition) is 7. The van der Waals surface area contributed by atoms with Crippen molar-refractivity contribution >= 4 is 5.71 Å². The fourth-order valence-corrected chi connectivity index (χ4v) is 6.91. The van der Waals surface area contributed by atoms with E-state index in [4.69, 9.17) is 35.3 Å². The van der Waals surface area contributed by atoms with E-state index in [1.165, 1.54) is 11.1 Å². The lowest BCUT2D eigenvalue weighted by Gasteiger charge is -2.24. The monoisotopic (exact) mass is 646 g/mol. The van der Waals surface area contributed by atoms with Gasteiger partial charge in [0.15, 0.2) is 6.23 Å². The number of rotatable bonds is 9. The minimum absolute atomic E-state index is 0.0615. The second-order valence-corrected chi connectivity index (χ2v) is 13.1. The Balaban J connectivity index is 1.41. The van der Waals surface area contributed by atoms with Gasteiger partial charge in [0.1, 0.15) is 6.23 Å². The van der Waals surface area contributed by atoms with Crippen LogP contribution >= 0.6 is 0 Å². The molecule has 0 bridgehead atoms. The molecule has 4 aromatic rings. The highest BCUT2D eigenvalue weighted by Crippen LogP contribution is 2.35. The fourth-order valence-electron chi connectivity index (χ4n) is 6.91. The van der Waals surface area contributed by atoms with Crippen molar-refractivity contribution in [2.24, 2.45) is 10.7 Å². The van der Waals surface area contributed by atoms with E-state index in [-0.39, 0.29) is 12.5 Å². The van der Waals surface area contributed by atoms with Crippen LogP contribution in [0, 0.1) is 20.8 Å². The van der Waals surface area contributed by atoms with Crippen LogP contribution in [0.25, 0.3) is 33.9 Å². The smallest absolute Gasteiger partial charge is 0.150 e. The Morgan fingerprint density at radius 3 is 2.17 bits per heavy atom. The molecule has 2 saturated heterocycles. The fraction of sp³-hybridized carbons (Fsp3) is 0.450. The standard InChI is InChI=1S/C40H50N6O2/c1-7-31(41)27(5)39(44-37-19-9-11-21-47-37)35-17-13-15-33(42-35)29-24-30(26(4)23-25(29)3)34-16-14-18-36(43-34)40-28(6)32(8-2)45-46(40)38-20-10-12-22-48-38/h13-18,23-24,37-38H,7-12,19-22,41H2,1-6H3. The summed E-state index contributed by atoms with van der Waals surface area (Å²) in [4.78, 5) is 15.6. The molecule has 0 saturated carbocycles. The molecule has 48 heavy (non-hydrogen) atoms. The molecule has 8 heteroatoms. The zero-order chi connectivity index (χ0) is 33.8. The average molecular weight is 647 g/mol. The average Bonchev–Trinajstić information content (AvgIpc) is 3.46. The van der Waals surface area contributed by atoms with Crippen molar-refractivity contribution in [1.82, 2.24) is 19.7 Å². The number of ether oxygens (including phenoxy) is 2. The third-order valence-electron chi connectivity index (χ3n) is 9.76. The van der Waals surface area contributed by atoms with Crippen molar-refractivity contribution in [3.8, 4) is 33.9 Å². The lowest BCUT2D eigenvalue weighted by atomic mass is 9.95. The zero-order valence-electron chi connectivity index (χ0n) is 29.5. The normalized spacial score (nSPS) is 19.3. The van der Waals surface area contributed by atoms with Crippen molar-refractivity contribution in [2.75, 3.05) is 13.2 Å². The van der Waals surface area contributed by atoms with E-state index in [1.807, 2.05) is 13.0 Å². The lowest BCUT2D eigenvalue weighted by Crippen LogP contribution is -2.21. The Morgan fingerprint density at radius 1 is 0.854 bits per heavy atom. The minimum atomic E-state index is -0.178. The van der Waals surface area contributed by atoms with E-state index in [9.17, 15) is 0 Å². The molecule has 0 spiro atoms. The molecular weight excluding hydrogens is 596 g/mol. The summed E-state index contributed by atoms with van der Waals surface area (Å²) >= 11 is 0. The van der Waals surface area contributed by atoms with Gasteiger partial charge in [-0.05, 0) is 132 Å². The van der Waals surface area contributed by atoms with Crippen molar-refractivity contribution in [3.63, 3.8) is 0 Å². The summed E-state index contributed by atoms with van der Waals surface area (Å²) in [6, 6.07) is 16.9. The molecule has 0 aliphatic carbocycles. The molecule has 2 fully saturated rings. The summed E-state index contributed by atoms with van der Waals surface area (Å²) < 4.78 is 14.3. The molecule has 1 aromatic carbocycles. The first-order valence-corrected chi connectivity index (χ1v) is 17.7. The van der Waals surface area contributed by atoms with Crippen molar-refractivity contribution < 1.29 is 9.47 Å². The Hall–Kier alpha value is -4.14. The van der Waals surface area contributed by atoms with Crippen LogP contribution in [0.4, 0.5) is 0 Å². The maximum Gasteiger partial charge on any atom is 0.150 e. The Labute approximate surface area is 285 Å². The van der Waals surface area contributed by atoms with E-state index in [0.29, 0.717) is 0 Å². The van der Waals surface area contributed by atoms with E-state index < -0.39 is 0 Å². The number of aryl methyl sites for hydroxylation is 3. The number of aliphatic imine (C=N–C) groups is 1. The van der Waals surface area contributed by atoms with Gasteiger partial charge >= 0.3 is 0 Å². The molecule has 252 valence electrons. The lowest BCUT2D eigenvalue weighted by molar-refractivity contribution is -0.0386. The highest BCUT2D eigenvalue weighted by atomic mass is 16.5. The van der Waals surface area contributed by atoms with Gasteiger partial charge in [-0.2, -0.15) is 5.10 Å². The van der Waals surface area contributed by atoms with Crippen molar-refractivity contribution in [1.29, 1.82) is 0 Å². The minimum Gasteiger partial charge on any atom is -0.402 e. The number of nitrogens with zero attached hydrogens (tertiary/aromatic N) is 5. The van der Waals surface area contributed by atoms with Crippen LogP contribution < -0.4 is 5.73 Å². The first kappa shape index (κ1) is 33.7. The van der Waals surface area contributed by atoms with Crippen LogP contribution in [0.2, 0.25) is 0 Å². The van der Waals surface area contributed by atoms with Crippen molar-refractivity contribution in [2.45, 2.75) is 105 Å². The Bertz CT molecular complexity index is 1830. The summed E-state index contributed by atoms with van der Waals surface area (Å²) in [5.41, 5.74) is 20.3. The highest BCUT2D eigenvalue weighted by Gasteiger charge is 2.25. The van der Waals surface area contributed by atoms with Gasteiger partial charge in [0, 0.05) is 30.0 Å². The first-order chi connectivity index (χ1) is 23.3. The largest absolute Gasteiger partial charge is 0.402 e. The van der Waals surface area contributed by atoms with E-state index in [0.717, 1.165) is 132 Å². The van der Waals surface area contributed by atoms with Gasteiger partial charge in [0.2, 0.25) is 0 Å². The summed E-state index contributed by atoms with van der Waals surface area (Å²) in [5.74, 6) is 0. The van der Waals surface area contributed by atoms with Gasteiger partial charge < -0.3 is 15.2 Å². The topological polar surface area (TPSA) is 100 Å². The molecule has 2 N–H and O–H groups in total. The second kappa shape index (κ2) is 15.0. The third kappa shape index (κ3) is 7.01. The van der Waals surface area contributed by atoms with Crippen LogP contribution in [0.3, 0.4) is 0 Å². The molecule has 8 nitrogen and oxygen atoms in total. The van der Waals surface area contributed by atoms with Gasteiger partial charge in [-0.15, -0.1) is 0 Å². The number of pyridine rings is 2. The van der Waals surface area contributed by atoms with Gasteiger partial charge in [0.25, 0.3) is 0 Å². The van der Waals surface area contributed by atoms with Gasteiger partial charge in [-0.1, -0.05) is 32.0 Å². The molecule has 3 aromatic heterocycles. The SMILES string of the molecule is CCC(N)=C(C)C(=NC1CCCCO1)c1cccc(-c2cc(-c3cccc(-c4c(C)c(CC)nn4C4CCCCO4)n3)c(C)cc2C)n1. The zero-order valence-corrected chi connectivity index (χ0v) is 29.5. The number of hydrogen-bond donors (Lipinski definition) is 1. The van der Waals surface area contributed by atoms with Gasteiger partial charge in [0.05, 0.1) is 39.9 Å². The quantitative estimate of drug-likeness (QED) is 0.182. The van der Waals surface area contributed by atoms with E-state index in [1.54, 1.807) is 0 Å². The maximum atomic E-state index is 6.47. The molecule has 2 unspecified atom stereocenters. The van der Waals surface area contributed by atoms with Crippen LogP contribution in [0.5, 0.6) is 0 Å². The number of aromatic nitrogens is 4. The first-order valence-electron chi connectivity index (χ1n) is 17.7. The molecule has 2 aliphatic rings. The van der Waals surface area contributed by atoms with E-state index >= 15 is 0 Å². The van der Waals surface area contributed by atoms with Crippen LogP contribution in [0.1, 0.15) is 100 Å². The molecule has 0 radical (unpaired) electrons. The van der Waals surface area contributed by atoms with Crippen molar-refractivity contribution in [3.05, 3.63) is 87.9 Å². The summed E-state index contributed by atoms with van der Waals surface area (Å²) in [5, 5.41) is 5.02. The number of allylic oxidation sites excluding steroid dienone is 2. The predicted octanol–water partition coefficient (Wildman–Crippen LogP) is 8.82. The summed E-state index contributed by atoms with van der Waals surface area (Å²) in [6.45, 7) is 14.2. The molecule has 6 rings (SSSR count). The molecule has 2 aliphatic heterocycles. The van der Waals surface area contributed by atoms with Gasteiger partial charge in [-0.25, -0.2) is 14.6 Å². The molecule has 0 amide bonds. The van der Waals surface area contributed by atoms with Gasteiger partial charge in [-0.3, -0.25) is 4.99 Å².